The van der Waals surface area contributed by atoms with E-state index in [0.717, 1.165) is 89.7 Å². The molecule has 0 saturated carbocycles. The van der Waals surface area contributed by atoms with Gasteiger partial charge in [0.25, 0.3) is 36.0 Å². The Balaban J connectivity index is 0.000000159. The van der Waals surface area contributed by atoms with Crippen LogP contribution in [-0.2, 0) is 41.4 Å². The van der Waals surface area contributed by atoms with Crippen LogP contribution in [0.15, 0.2) is 179 Å². The van der Waals surface area contributed by atoms with E-state index in [1.165, 1.54) is 35.6 Å². The summed E-state index contributed by atoms with van der Waals surface area (Å²) in [6.45, 7) is 11.1. The lowest BCUT2D eigenvalue weighted by Crippen LogP contribution is -2.50. The lowest BCUT2D eigenvalue weighted by molar-refractivity contribution is -0.134. The number of sulfonamides is 3. The van der Waals surface area contributed by atoms with Crippen LogP contribution >= 0.6 is 57.6 Å². The van der Waals surface area contributed by atoms with Crippen molar-refractivity contribution in [2.75, 3.05) is 114 Å². The van der Waals surface area contributed by atoms with Crippen molar-refractivity contribution in [1.82, 2.24) is 43.0 Å². The van der Waals surface area contributed by atoms with E-state index in [-0.39, 0.29) is 45.4 Å². The third kappa shape index (κ3) is 16.5. The highest BCUT2D eigenvalue weighted by atomic mass is 35.5. The Hall–Kier alpha value is -8.73. The van der Waals surface area contributed by atoms with Crippen LogP contribution in [0.1, 0.15) is 31.7 Å². The largest absolute Gasteiger partial charge is 0.454 e. The molecule has 510 valence electrons. The van der Waals surface area contributed by atoms with Crippen molar-refractivity contribution in [3.8, 4) is 11.5 Å². The number of thiazole rings is 1. The van der Waals surface area contributed by atoms with Gasteiger partial charge >= 0.3 is 0 Å². The monoisotopic (exact) mass is 1470 g/mol. The van der Waals surface area contributed by atoms with Gasteiger partial charge in [-0.1, -0.05) is 41.4 Å². The second kappa shape index (κ2) is 29.9. The predicted molar refractivity (Wildman–Crippen MR) is 378 cm³/mol. The molecular formula is C63H66Cl2FN15O10S6. The molecule has 4 aliphatic rings. The molecule has 0 bridgehead atoms. The average molecular weight is 1480 g/mol. The zero-order valence-electron chi connectivity index (χ0n) is 51.6. The number of ether oxygens (including phenoxy) is 2. The normalized spacial score (nSPS) is 15.4. The average Bonchev–Trinajstić information content (AvgIpc) is 1.79. The quantitative estimate of drug-likeness (QED) is 0.0764. The molecule has 25 nitrogen and oxygen atoms in total. The van der Waals surface area contributed by atoms with Crippen LogP contribution in [0.5, 0.6) is 11.5 Å². The van der Waals surface area contributed by atoms with Crippen LogP contribution in [0.25, 0.3) is 10.9 Å². The minimum absolute atomic E-state index is 0. The fourth-order valence-electron chi connectivity index (χ4n) is 11.3. The van der Waals surface area contributed by atoms with Crippen molar-refractivity contribution < 1.29 is 51.6 Å². The molecule has 6 aromatic carbocycles. The molecule has 2 amide bonds. The Kier molecular flexibility index (Phi) is 21.1. The maximum absolute atomic E-state index is 14.4. The van der Waals surface area contributed by atoms with Crippen LogP contribution < -0.4 is 38.3 Å². The molecule has 1 atom stereocenters. The summed E-state index contributed by atoms with van der Waals surface area (Å²) in [5.74, 6) is 1.08. The number of fused-ring (bicyclic) bond motifs is 2. The van der Waals surface area contributed by atoms with Crippen molar-refractivity contribution in [3.05, 3.63) is 191 Å². The lowest BCUT2D eigenvalue weighted by Gasteiger charge is -2.37. The molecule has 97 heavy (non-hydrogen) atoms. The van der Waals surface area contributed by atoms with Crippen LogP contribution in [0, 0.1) is 5.82 Å². The number of hydrogen-bond donors (Lipinski definition) is 3. The number of aromatic nitrogens is 6. The van der Waals surface area contributed by atoms with Gasteiger partial charge in [0.1, 0.15) is 24.5 Å². The van der Waals surface area contributed by atoms with Gasteiger partial charge in [0, 0.05) is 156 Å². The van der Waals surface area contributed by atoms with Gasteiger partial charge in [0.2, 0.25) is 23.0 Å². The Bertz CT molecular complexity index is 4730. The highest BCUT2D eigenvalue weighted by Gasteiger charge is 2.30. The van der Waals surface area contributed by atoms with Crippen LogP contribution in [0.4, 0.5) is 36.8 Å². The zero-order valence-corrected chi connectivity index (χ0v) is 58.0. The third-order valence-corrected chi connectivity index (χ3v) is 23.2. The molecule has 0 spiro atoms. The molecular weight excluding hydrogens is 1410 g/mol. The number of anilines is 6. The van der Waals surface area contributed by atoms with Crippen LogP contribution in [0.2, 0.25) is 10.0 Å². The summed E-state index contributed by atoms with van der Waals surface area (Å²) in [7, 11) is -11.1. The van der Waals surface area contributed by atoms with Crippen LogP contribution in [0.3, 0.4) is 0 Å². The van der Waals surface area contributed by atoms with Crippen molar-refractivity contribution >= 4 is 143 Å². The molecule has 3 N–H and O–H groups in total. The summed E-state index contributed by atoms with van der Waals surface area (Å²) >= 11 is 15.2. The first-order valence-corrected chi connectivity index (χ1v) is 37.8. The van der Waals surface area contributed by atoms with Crippen LogP contribution in [-0.4, -0.2) is 165 Å². The van der Waals surface area contributed by atoms with Gasteiger partial charge < -0.3 is 38.5 Å². The number of rotatable bonds is 17. The molecule has 0 radical (unpaired) electrons. The molecule has 4 aliphatic heterocycles. The summed E-state index contributed by atoms with van der Waals surface area (Å²) < 4.78 is 117. The number of carbonyl (C=O) groups is 2. The fraction of sp³-hybridized carbons (Fsp3) is 0.254. The molecule has 14 rings (SSSR count). The second-order valence-electron chi connectivity index (χ2n) is 22.4. The van der Waals surface area contributed by atoms with E-state index in [9.17, 15) is 39.2 Å². The Morgan fingerprint density at radius 2 is 1.10 bits per heavy atom. The predicted octanol–water partition coefficient (Wildman–Crippen LogP) is 10.4. The van der Waals surface area contributed by atoms with E-state index < -0.39 is 36.1 Å². The van der Waals surface area contributed by atoms with Gasteiger partial charge in [0.15, 0.2) is 16.6 Å². The van der Waals surface area contributed by atoms with E-state index in [1.54, 1.807) is 124 Å². The minimum Gasteiger partial charge on any atom is -0.454 e. The number of benzene rings is 6. The maximum atomic E-state index is 14.4. The molecule has 0 aliphatic carbocycles. The summed E-state index contributed by atoms with van der Waals surface area (Å²) in [6, 6.07) is 37.3. The number of halogens is 3. The third-order valence-electron chi connectivity index (χ3n) is 16.4. The summed E-state index contributed by atoms with van der Waals surface area (Å²) in [5.41, 5.74) is 4.85. The van der Waals surface area contributed by atoms with E-state index in [4.69, 9.17) is 32.7 Å². The molecule has 3 saturated heterocycles. The summed E-state index contributed by atoms with van der Waals surface area (Å²) in [6.07, 6.45) is 5.90. The number of hydrogen-bond acceptors (Lipinski definition) is 22. The molecule has 0 unspecified atom stereocenters. The van der Waals surface area contributed by atoms with Gasteiger partial charge in [-0.2, -0.15) is 8.75 Å². The molecule has 34 heteroatoms. The number of para-hydroxylation sites is 1. The molecule has 4 aromatic heterocycles. The number of nitrogens with zero attached hydrogens (tertiary/aromatic N) is 12. The minimum atomic E-state index is -3.74. The Morgan fingerprint density at radius 3 is 1.61 bits per heavy atom. The van der Waals surface area contributed by atoms with Gasteiger partial charge in [-0.15, -0.1) is 11.3 Å². The smallest absolute Gasteiger partial charge is 0.263 e. The van der Waals surface area contributed by atoms with Crippen molar-refractivity contribution in [3.63, 3.8) is 0 Å². The van der Waals surface area contributed by atoms with E-state index in [2.05, 4.69) is 63.5 Å². The first-order valence-electron chi connectivity index (χ1n) is 30.2. The molecule has 8 heterocycles. The Morgan fingerprint density at radius 1 is 0.588 bits per heavy atom. The first-order chi connectivity index (χ1) is 46.7. The zero-order chi connectivity index (χ0) is 67.8. The van der Waals surface area contributed by atoms with E-state index >= 15 is 0 Å². The standard InChI is InChI=1S/C23H23FN6O3S2.C21H22N4O4S2.C19H17Cl2N5O3S2.2H2/c1-16(30-10-9-17-3-2-4-20(24)21(17)30)22(31)29-13-11-28(12-14-29)18-5-7-19(8-6-18)35(32,33)27-23-25-15-26-34-23;26-31(27,23-21-22-7-12-30-21)18-4-2-17(3-5-18)25-10-8-24(9-11-25)14-16-1-6-19-20(13-16)29-15-28-19;20-13-1-6-16(17(21)11-13)18(27)26-9-7-25(8-10-26)14-2-4-15(5-3-14)31(28,29)24-19-22-12-23-30-19;;/h2-10,15-16H,11-14H2,1H3,(H,25,26,27);1-7,12-13H,8-11,14-15H2,(H,22,23);1-6,11-12H,7-10H2,(H,22,23,24);2*1H/t16-;;;;/m1..../s1. The number of piperazine rings is 3. The SMILES string of the molecule is C[C@H](C(=O)N1CCN(c2ccc(S(=O)(=O)Nc3ncns3)cc2)CC1)n1ccc2cccc(F)c21.O=C(c1ccc(Cl)cc1Cl)N1CCN(c2ccc(S(=O)(=O)Nc3ncns3)cc2)CC1.O=S(=O)(Nc1nccs1)c1ccc(N2CCN(Cc3ccc4c(c3)OCO4)CC2)cc1.[HH].[HH]. The highest BCUT2D eigenvalue weighted by Crippen LogP contribution is 2.34. The van der Waals surface area contributed by atoms with Gasteiger partial charge in [-0.25, -0.2) is 44.6 Å². The van der Waals surface area contributed by atoms with E-state index in [0.29, 0.717) is 85.4 Å². The first kappa shape index (κ1) is 68.2. The number of nitrogens with one attached hydrogen (secondary N) is 3. The highest BCUT2D eigenvalue weighted by molar-refractivity contribution is 7.93. The van der Waals surface area contributed by atoms with Gasteiger partial charge in [-0.3, -0.25) is 28.7 Å². The van der Waals surface area contributed by atoms with Crippen molar-refractivity contribution in [2.24, 2.45) is 0 Å². The maximum Gasteiger partial charge on any atom is 0.263 e. The number of carbonyl (C=O) groups excluding carboxylic acids is 2. The van der Waals surface area contributed by atoms with Gasteiger partial charge in [-0.05, 0) is 128 Å². The van der Waals surface area contributed by atoms with E-state index in [1.807, 2.05) is 36.4 Å². The topological polar surface area (TPSA) is 280 Å². The van der Waals surface area contributed by atoms with Gasteiger partial charge in [0.05, 0.1) is 30.8 Å². The number of amides is 2. The van der Waals surface area contributed by atoms with Crippen molar-refractivity contribution in [2.45, 2.75) is 34.2 Å². The molecule has 3 fully saturated rings. The lowest BCUT2D eigenvalue weighted by atomic mass is 10.1. The van der Waals surface area contributed by atoms with Crippen molar-refractivity contribution in [1.29, 1.82) is 0 Å². The Labute approximate surface area is 584 Å². The summed E-state index contributed by atoms with van der Waals surface area (Å²) in [4.78, 5) is 50.5. The fourth-order valence-corrected chi connectivity index (χ4v) is 16.9. The second-order valence-corrected chi connectivity index (χ2v) is 30.7. The summed E-state index contributed by atoms with van der Waals surface area (Å²) in [5, 5.41) is 4.09. The molecule has 10 aromatic rings.